The van der Waals surface area contributed by atoms with E-state index in [4.69, 9.17) is 20.8 Å². The molecule has 1 aliphatic carbocycles. The number of fused-ring (bicyclic) bond motifs is 1. The summed E-state index contributed by atoms with van der Waals surface area (Å²) in [7, 11) is 1.31. The Hall–Kier alpha value is -2.60. The molecule has 1 N–H and O–H groups in total. The number of hydrogen-bond donors (Lipinski definition) is 1. The van der Waals surface area contributed by atoms with Gasteiger partial charge < -0.3 is 9.15 Å². The van der Waals surface area contributed by atoms with E-state index in [-0.39, 0.29) is 11.7 Å². The molecule has 0 aliphatic heterocycles. The molecule has 0 atom stereocenters. The van der Waals surface area contributed by atoms with E-state index in [1.807, 2.05) is 0 Å². The number of methoxy groups -OCH3 is 1. The Morgan fingerprint density at radius 3 is 2.84 bits per heavy atom. The zero-order chi connectivity index (χ0) is 18.0. The van der Waals surface area contributed by atoms with Crippen LogP contribution in [-0.2, 0) is 11.2 Å². The van der Waals surface area contributed by atoms with E-state index in [0.717, 1.165) is 12.0 Å². The van der Waals surface area contributed by atoms with Gasteiger partial charge in [-0.25, -0.2) is 10.2 Å². The molecule has 2 aromatic rings. The third kappa shape index (κ3) is 3.44. The normalized spacial score (nSPS) is 14.9. The fourth-order valence-electron chi connectivity index (χ4n) is 2.88. The van der Waals surface area contributed by atoms with E-state index in [0.29, 0.717) is 40.5 Å². The van der Waals surface area contributed by atoms with Crippen molar-refractivity contribution in [1.29, 1.82) is 0 Å². The number of esters is 1. The number of amides is 1. The van der Waals surface area contributed by atoms with Gasteiger partial charge in [-0.3, -0.25) is 4.79 Å². The summed E-state index contributed by atoms with van der Waals surface area (Å²) < 4.78 is 10.4. The fourth-order valence-corrected chi connectivity index (χ4v) is 3.07. The van der Waals surface area contributed by atoms with Crippen molar-refractivity contribution in [1.82, 2.24) is 5.43 Å². The highest BCUT2D eigenvalue weighted by molar-refractivity contribution is 6.31. The summed E-state index contributed by atoms with van der Waals surface area (Å²) in [5.41, 5.74) is 5.11. The number of nitrogens with one attached hydrogen (secondary N) is 1. The summed E-state index contributed by atoms with van der Waals surface area (Å²) in [6.07, 6.45) is 2.23. The lowest BCUT2D eigenvalue weighted by molar-refractivity contribution is 0.0561. The Morgan fingerprint density at radius 2 is 2.12 bits per heavy atom. The number of carbonyl (C=O) groups excluding carboxylic acids is 2. The van der Waals surface area contributed by atoms with Crippen molar-refractivity contribution in [3.8, 4) is 0 Å². The molecular weight excluding hydrogens is 344 g/mol. The maximum Gasteiger partial charge on any atom is 0.374 e. The Balaban J connectivity index is 1.87. The van der Waals surface area contributed by atoms with E-state index >= 15 is 0 Å². The van der Waals surface area contributed by atoms with Crippen LogP contribution < -0.4 is 5.43 Å². The second-order valence-electron chi connectivity index (χ2n) is 5.71. The number of hydrazone groups is 1. The van der Waals surface area contributed by atoms with Gasteiger partial charge in [0.25, 0.3) is 5.91 Å². The van der Waals surface area contributed by atoms with Crippen LogP contribution in [0, 0.1) is 6.92 Å². The number of carbonyl (C=O) groups is 2. The fraction of sp³-hybridized carbons (Fsp3) is 0.278. The molecule has 6 nitrogen and oxygen atoms in total. The first-order valence-electron chi connectivity index (χ1n) is 7.84. The molecule has 0 unspecified atom stereocenters. The third-order valence-corrected chi connectivity index (χ3v) is 4.31. The molecule has 1 aromatic heterocycles. The number of hydrogen-bond acceptors (Lipinski definition) is 5. The maximum absolute atomic E-state index is 12.2. The number of rotatable bonds is 3. The van der Waals surface area contributed by atoms with Gasteiger partial charge in [-0.1, -0.05) is 17.7 Å². The van der Waals surface area contributed by atoms with Gasteiger partial charge in [0, 0.05) is 28.1 Å². The minimum Gasteiger partial charge on any atom is -0.463 e. The smallest absolute Gasteiger partial charge is 0.374 e. The average molecular weight is 361 g/mol. The molecule has 1 amide bonds. The molecule has 1 heterocycles. The van der Waals surface area contributed by atoms with Crippen LogP contribution in [0.15, 0.2) is 33.8 Å². The Kier molecular flexibility index (Phi) is 4.90. The zero-order valence-electron chi connectivity index (χ0n) is 13.9. The second kappa shape index (κ2) is 7.11. The summed E-state index contributed by atoms with van der Waals surface area (Å²) in [6.45, 7) is 1.79. The summed E-state index contributed by atoms with van der Waals surface area (Å²) in [4.78, 5) is 24.0. The first-order chi connectivity index (χ1) is 12.0. The van der Waals surface area contributed by atoms with Crippen LogP contribution in [0.1, 0.15) is 50.6 Å². The van der Waals surface area contributed by atoms with Gasteiger partial charge in [0.1, 0.15) is 5.76 Å². The molecule has 0 saturated carbocycles. The highest BCUT2D eigenvalue weighted by atomic mass is 35.5. The Bertz CT molecular complexity index is 870. The number of ether oxygens (including phenoxy) is 1. The monoisotopic (exact) mass is 360 g/mol. The molecule has 25 heavy (non-hydrogen) atoms. The van der Waals surface area contributed by atoms with E-state index in [9.17, 15) is 9.59 Å². The van der Waals surface area contributed by atoms with Crippen LogP contribution in [0.2, 0.25) is 5.02 Å². The molecule has 0 saturated heterocycles. The van der Waals surface area contributed by atoms with Gasteiger partial charge in [0.2, 0.25) is 5.76 Å². The Labute approximate surface area is 149 Å². The van der Waals surface area contributed by atoms with Gasteiger partial charge in [0.05, 0.1) is 12.8 Å². The highest BCUT2D eigenvalue weighted by Crippen LogP contribution is 2.30. The minimum atomic E-state index is -0.519. The first kappa shape index (κ1) is 17.2. The van der Waals surface area contributed by atoms with Crippen LogP contribution in [-0.4, -0.2) is 24.7 Å². The number of aryl methyl sites for hydroxylation is 1. The van der Waals surface area contributed by atoms with Gasteiger partial charge in [-0.15, -0.1) is 0 Å². The van der Waals surface area contributed by atoms with Crippen molar-refractivity contribution in [3.05, 3.63) is 57.5 Å². The van der Waals surface area contributed by atoms with Crippen molar-refractivity contribution >= 4 is 29.2 Å². The van der Waals surface area contributed by atoms with Crippen molar-refractivity contribution in [3.63, 3.8) is 0 Å². The van der Waals surface area contributed by atoms with E-state index < -0.39 is 5.97 Å². The summed E-state index contributed by atoms with van der Waals surface area (Å²) in [6, 6.07) is 6.63. The van der Waals surface area contributed by atoms with Crippen LogP contribution in [0.4, 0.5) is 0 Å². The molecule has 0 fully saturated rings. The quantitative estimate of drug-likeness (QED) is 0.671. The van der Waals surface area contributed by atoms with Crippen LogP contribution >= 0.6 is 11.6 Å². The van der Waals surface area contributed by atoms with Crippen molar-refractivity contribution in [2.45, 2.75) is 26.2 Å². The average Bonchev–Trinajstić information content (AvgIpc) is 2.96. The van der Waals surface area contributed by atoms with Crippen LogP contribution in [0.5, 0.6) is 0 Å². The summed E-state index contributed by atoms with van der Waals surface area (Å²) in [5.74, 6) is 0.00819. The topological polar surface area (TPSA) is 80.9 Å². The molecule has 0 spiro atoms. The van der Waals surface area contributed by atoms with Crippen LogP contribution in [0.25, 0.3) is 0 Å². The van der Waals surface area contributed by atoms with Crippen molar-refractivity contribution < 1.29 is 18.7 Å². The van der Waals surface area contributed by atoms with Gasteiger partial charge in [-0.05, 0) is 38.0 Å². The number of nitrogens with zero attached hydrogens (tertiary/aromatic N) is 1. The number of benzene rings is 1. The molecule has 130 valence electrons. The summed E-state index contributed by atoms with van der Waals surface area (Å²) in [5, 5.41) is 4.73. The third-order valence-electron chi connectivity index (χ3n) is 4.08. The summed E-state index contributed by atoms with van der Waals surface area (Å²) >= 11 is 5.90. The highest BCUT2D eigenvalue weighted by Gasteiger charge is 2.28. The number of furan rings is 1. The van der Waals surface area contributed by atoms with Crippen LogP contribution in [0.3, 0.4) is 0 Å². The lowest BCUT2D eigenvalue weighted by atomic mass is 9.93. The zero-order valence-corrected chi connectivity index (χ0v) is 14.6. The SMILES string of the molecule is COC(=O)c1oc2c(c1C)/C(=N/NC(=O)c1cccc(Cl)c1)CCC2. The maximum atomic E-state index is 12.2. The van der Waals surface area contributed by atoms with Gasteiger partial charge in [0.15, 0.2) is 0 Å². The number of halogens is 1. The predicted octanol–water partition coefficient (Wildman–Crippen LogP) is 3.50. The van der Waals surface area contributed by atoms with Crippen molar-refractivity contribution in [2.75, 3.05) is 7.11 Å². The molecule has 0 radical (unpaired) electrons. The van der Waals surface area contributed by atoms with Gasteiger partial charge >= 0.3 is 5.97 Å². The van der Waals surface area contributed by atoms with Crippen molar-refractivity contribution in [2.24, 2.45) is 5.10 Å². The molecule has 7 heteroatoms. The lowest BCUT2D eigenvalue weighted by Gasteiger charge is -2.13. The molecule has 1 aromatic carbocycles. The minimum absolute atomic E-state index is 0.184. The standard InChI is InChI=1S/C18H17ClN2O4/c1-10-15-13(7-4-8-14(15)25-16(10)18(23)24-2)20-21-17(22)11-5-3-6-12(19)9-11/h3,5-6,9H,4,7-8H2,1-2H3,(H,21,22)/b20-13+. The van der Waals surface area contributed by atoms with Gasteiger partial charge in [-0.2, -0.15) is 5.10 Å². The van der Waals surface area contributed by atoms with E-state index in [1.165, 1.54) is 7.11 Å². The Morgan fingerprint density at radius 1 is 1.32 bits per heavy atom. The molecule has 3 rings (SSSR count). The molecule has 1 aliphatic rings. The molecule has 0 bridgehead atoms. The van der Waals surface area contributed by atoms with E-state index in [2.05, 4.69) is 10.5 Å². The molecular formula is C18H17ClN2O4. The predicted molar refractivity (Wildman–Crippen MR) is 93.2 cm³/mol. The first-order valence-corrected chi connectivity index (χ1v) is 8.22. The lowest BCUT2D eigenvalue weighted by Crippen LogP contribution is -2.22. The largest absolute Gasteiger partial charge is 0.463 e. The second-order valence-corrected chi connectivity index (χ2v) is 6.15. The van der Waals surface area contributed by atoms with E-state index in [1.54, 1.807) is 31.2 Å².